The molecule has 0 heterocycles. The van der Waals surface area contributed by atoms with E-state index in [9.17, 15) is 0 Å². The first-order valence-corrected chi connectivity index (χ1v) is 7.85. The van der Waals surface area contributed by atoms with Gasteiger partial charge in [-0.15, -0.1) is 0 Å². The number of rotatable bonds is 6. The SMILES string of the molecule is CCOc1cc(/C=N\O)ccc1OCc1cccc2ccccc12. The summed E-state index contributed by atoms with van der Waals surface area (Å²) in [4.78, 5) is 0. The molecule has 0 aromatic heterocycles. The lowest BCUT2D eigenvalue weighted by Gasteiger charge is -2.13. The summed E-state index contributed by atoms with van der Waals surface area (Å²) >= 11 is 0. The van der Waals surface area contributed by atoms with Crippen LogP contribution in [0.25, 0.3) is 10.8 Å². The summed E-state index contributed by atoms with van der Waals surface area (Å²) in [5.41, 5.74) is 1.87. The van der Waals surface area contributed by atoms with Gasteiger partial charge in [-0.2, -0.15) is 0 Å². The predicted octanol–water partition coefficient (Wildman–Crippen LogP) is 4.63. The van der Waals surface area contributed by atoms with Crippen molar-refractivity contribution in [1.82, 2.24) is 0 Å². The van der Waals surface area contributed by atoms with Gasteiger partial charge in [-0.1, -0.05) is 47.6 Å². The van der Waals surface area contributed by atoms with E-state index in [1.807, 2.05) is 37.3 Å². The van der Waals surface area contributed by atoms with Crippen molar-refractivity contribution in [1.29, 1.82) is 0 Å². The fraction of sp³-hybridized carbons (Fsp3) is 0.150. The van der Waals surface area contributed by atoms with Gasteiger partial charge in [0, 0.05) is 5.56 Å². The van der Waals surface area contributed by atoms with E-state index < -0.39 is 0 Å². The Labute approximate surface area is 141 Å². The Morgan fingerprint density at radius 1 is 0.958 bits per heavy atom. The van der Waals surface area contributed by atoms with E-state index in [1.165, 1.54) is 17.0 Å². The highest BCUT2D eigenvalue weighted by Gasteiger charge is 2.08. The molecule has 24 heavy (non-hydrogen) atoms. The van der Waals surface area contributed by atoms with Gasteiger partial charge in [0.25, 0.3) is 0 Å². The van der Waals surface area contributed by atoms with Gasteiger partial charge in [0.1, 0.15) is 6.61 Å². The number of ether oxygens (including phenoxy) is 2. The minimum atomic E-state index is 0.453. The number of oxime groups is 1. The fourth-order valence-corrected chi connectivity index (χ4v) is 2.63. The van der Waals surface area contributed by atoms with Crippen molar-refractivity contribution in [2.75, 3.05) is 6.61 Å². The van der Waals surface area contributed by atoms with Gasteiger partial charge >= 0.3 is 0 Å². The van der Waals surface area contributed by atoms with Crippen molar-refractivity contribution in [3.8, 4) is 11.5 Å². The number of hydrogen-bond acceptors (Lipinski definition) is 4. The van der Waals surface area contributed by atoms with Crippen LogP contribution >= 0.6 is 0 Å². The first kappa shape index (κ1) is 15.9. The molecule has 3 aromatic rings. The minimum Gasteiger partial charge on any atom is -0.490 e. The molecular weight excluding hydrogens is 302 g/mol. The van der Waals surface area contributed by atoms with Gasteiger partial charge in [0.15, 0.2) is 11.5 Å². The van der Waals surface area contributed by atoms with Crippen LogP contribution in [0.4, 0.5) is 0 Å². The van der Waals surface area contributed by atoms with Crippen LogP contribution in [0.1, 0.15) is 18.1 Å². The van der Waals surface area contributed by atoms with Gasteiger partial charge in [-0.3, -0.25) is 0 Å². The van der Waals surface area contributed by atoms with Crippen LogP contribution in [-0.4, -0.2) is 18.0 Å². The zero-order chi connectivity index (χ0) is 16.8. The maximum atomic E-state index is 8.66. The molecule has 4 nitrogen and oxygen atoms in total. The molecule has 0 radical (unpaired) electrons. The summed E-state index contributed by atoms with van der Waals surface area (Å²) in [6.07, 6.45) is 1.36. The Bertz CT molecular complexity index is 853. The van der Waals surface area contributed by atoms with Crippen molar-refractivity contribution in [3.05, 3.63) is 71.8 Å². The Hall–Kier alpha value is -3.01. The summed E-state index contributed by atoms with van der Waals surface area (Å²) < 4.78 is 11.6. The van der Waals surface area contributed by atoms with E-state index in [0.29, 0.717) is 24.7 Å². The molecule has 1 N–H and O–H groups in total. The van der Waals surface area contributed by atoms with Crippen molar-refractivity contribution in [2.24, 2.45) is 5.16 Å². The highest BCUT2D eigenvalue weighted by atomic mass is 16.5. The molecule has 0 amide bonds. The summed E-state index contributed by atoms with van der Waals surface area (Å²) in [5.74, 6) is 1.30. The van der Waals surface area contributed by atoms with E-state index in [0.717, 1.165) is 11.1 Å². The third kappa shape index (κ3) is 3.49. The zero-order valence-electron chi connectivity index (χ0n) is 13.5. The molecule has 0 spiro atoms. The Morgan fingerprint density at radius 3 is 2.62 bits per heavy atom. The van der Waals surface area contributed by atoms with Crippen LogP contribution in [0.5, 0.6) is 11.5 Å². The van der Waals surface area contributed by atoms with Crippen LogP contribution in [0.2, 0.25) is 0 Å². The smallest absolute Gasteiger partial charge is 0.161 e. The molecule has 0 fully saturated rings. The van der Waals surface area contributed by atoms with E-state index in [1.54, 1.807) is 6.07 Å². The van der Waals surface area contributed by atoms with E-state index in [2.05, 4.69) is 29.4 Å². The lowest BCUT2D eigenvalue weighted by molar-refractivity contribution is 0.270. The molecule has 122 valence electrons. The van der Waals surface area contributed by atoms with Crippen LogP contribution < -0.4 is 9.47 Å². The molecular formula is C20H19NO3. The molecule has 3 aromatic carbocycles. The second-order valence-electron chi connectivity index (χ2n) is 5.31. The number of hydrogen-bond donors (Lipinski definition) is 1. The Balaban J connectivity index is 1.85. The molecule has 0 atom stereocenters. The van der Waals surface area contributed by atoms with Crippen molar-refractivity contribution < 1.29 is 14.7 Å². The maximum absolute atomic E-state index is 8.66. The highest BCUT2D eigenvalue weighted by Crippen LogP contribution is 2.29. The van der Waals surface area contributed by atoms with Crippen LogP contribution in [-0.2, 0) is 6.61 Å². The second kappa shape index (κ2) is 7.51. The summed E-state index contributed by atoms with van der Waals surface area (Å²) in [6.45, 7) is 2.90. The Kier molecular flexibility index (Phi) is 4.96. The second-order valence-corrected chi connectivity index (χ2v) is 5.31. The van der Waals surface area contributed by atoms with E-state index in [4.69, 9.17) is 14.7 Å². The van der Waals surface area contributed by atoms with Gasteiger partial charge in [0.2, 0.25) is 0 Å². The fourth-order valence-electron chi connectivity index (χ4n) is 2.63. The predicted molar refractivity (Wildman–Crippen MR) is 95.3 cm³/mol. The monoisotopic (exact) mass is 321 g/mol. The topological polar surface area (TPSA) is 51.0 Å². The zero-order valence-corrected chi connectivity index (χ0v) is 13.5. The van der Waals surface area contributed by atoms with Gasteiger partial charge in [-0.05, 0) is 41.5 Å². The van der Waals surface area contributed by atoms with Gasteiger partial charge < -0.3 is 14.7 Å². The normalized spacial score (nSPS) is 11.0. The minimum absolute atomic E-state index is 0.453. The molecule has 4 heteroatoms. The average molecular weight is 321 g/mol. The largest absolute Gasteiger partial charge is 0.490 e. The molecule has 0 bridgehead atoms. The first-order chi connectivity index (χ1) is 11.8. The Morgan fingerprint density at radius 2 is 1.79 bits per heavy atom. The molecule has 0 unspecified atom stereocenters. The van der Waals surface area contributed by atoms with E-state index in [-0.39, 0.29) is 0 Å². The van der Waals surface area contributed by atoms with Crippen molar-refractivity contribution in [2.45, 2.75) is 13.5 Å². The maximum Gasteiger partial charge on any atom is 0.161 e. The number of nitrogens with zero attached hydrogens (tertiary/aromatic N) is 1. The standard InChI is InChI=1S/C20H19NO3/c1-2-23-20-12-15(13-21-22)10-11-19(20)24-14-17-8-5-7-16-6-3-4-9-18(16)17/h3-13,22H,2,14H2,1H3/b21-13-. The summed E-state index contributed by atoms with van der Waals surface area (Å²) in [7, 11) is 0. The quantitative estimate of drug-likeness (QED) is 0.409. The van der Waals surface area contributed by atoms with Crippen LogP contribution in [0.3, 0.4) is 0 Å². The average Bonchev–Trinajstić information content (AvgIpc) is 2.61. The summed E-state index contributed by atoms with van der Waals surface area (Å²) in [6, 6.07) is 19.9. The first-order valence-electron chi connectivity index (χ1n) is 7.85. The lowest BCUT2D eigenvalue weighted by Crippen LogP contribution is -2.01. The third-order valence-corrected chi connectivity index (χ3v) is 3.74. The van der Waals surface area contributed by atoms with Crippen LogP contribution in [0.15, 0.2) is 65.8 Å². The molecule has 3 rings (SSSR count). The molecule has 0 saturated heterocycles. The van der Waals surface area contributed by atoms with Gasteiger partial charge in [0.05, 0.1) is 12.8 Å². The number of benzene rings is 3. The highest BCUT2D eigenvalue weighted by molar-refractivity contribution is 5.85. The molecule has 0 saturated carbocycles. The lowest BCUT2D eigenvalue weighted by atomic mass is 10.1. The molecule has 0 aliphatic rings. The third-order valence-electron chi connectivity index (χ3n) is 3.74. The van der Waals surface area contributed by atoms with Crippen molar-refractivity contribution in [3.63, 3.8) is 0 Å². The molecule has 0 aliphatic carbocycles. The van der Waals surface area contributed by atoms with E-state index >= 15 is 0 Å². The van der Waals surface area contributed by atoms with Crippen LogP contribution in [0, 0.1) is 0 Å². The number of fused-ring (bicyclic) bond motifs is 1. The molecule has 0 aliphatic heterocycles. The van der Waals surface area contributed by atoms with Crippen molar-refractivity contribution >= 4 is 17.0 Å². The van der Waals surface area contributed by atoms with Gasteiger partial charge in [-0.25, -0.2) is 0 Å². The summed E-state index contributed by atoms with van der Waals surface area (Å²) in [5, 5.41) is 14.1.